The molecule has 4 rings (SSSR count). The number of ether oxygens (including phenoxy) is 2. The van der Waals surface area contributed by atoms with Crippen LogP contribution in [-0.2, 0) is 9.47 Å². The first-order valence-corrected chi connectivity index (χ1v) is 10.1. The van der Waals surface area contributed by atoms with Gasteiger partial charge < -0.3 is 25.0 Å². The second kappa shape index (κ2) is 8.51. The van der Waals surface area contributed by atoms with Gasteiger partial charge in [-0.2, -0.15) is 4.98 Å². The molecule has 0 saturated carbocycles. The fraction of sp³-hybridized carbons (Fsp3) is 0.500. The third kappa shape index (κ3) is 4.16. The maximum Gasteiger partial charge on any atom is 0.222 e. The van der Waals surface area contributed by atoms with Crippen molar-refractivity contribution >= 4 is 29.1 Å². The van der Waals surface area contributed by atoms with Crippen LogP contribution in [0.5, 0.6) is 0 Å². The number of anilines is 3. The molecule has 1 aromatic heterocycles. The van der Waals surface area contributed by atoms with Gasteiger partial charge in [-0.25, -0.2) is 4.98 Å². The Morgan fingerprint density at radius 3 is 2.64 bits per heavy atom. The van der Waals surface area contributed by atoms with Gasteiger partial charge in [0.2, 0.25) is 5.95 Å². The van der Waals surface area contributed by atoms with Crippen molar-refractivity contribution < 1.29 is 9.47 Å². The van der Waals surface area contributed by atoms with Gasteiger partial charge in [-0.05, 0) is 31.0 Å². The van der Waals surface area contributed by atoms with Crippen LogP contribution in [0.1, 0.15) is 23.7 Å². The lowest BCUT2D eigenvalue weighted by Gasteiger charge is -2.33. The Hall–Kier alpha value is -2.09. The minimum absolute atomic E-state index is 0.0255. The van der Waals surface area contributed by atoms with E-state index >= 15 is 0 Å². The largest absolute Gasteiger partial charge is 0.379 e. The molecule has 0 aliphatic carbocycles. The number of nitrogens with zero attached hydrogens (tertiary/aromatic N) is 4. The smallest absolute Gasteiger partial charge is 0.222 e. The SMILES string of the molecule is Cc1cc(N2CCCOCC2c2ccc(N3CCOCC3)cc2Cl)nc(N)n1. The highest BCUT2D eigenvalue weighted by molar-refractivity contribution is 6.31. The summed E-state index contributed by atoms with van der Waals surface area (Å²) in [5, 5.41) is 0.739. The zero-order valence-electron chi connectivity index (χ0n) is 16.1. The van der Waals surface area contributed by atoms with E-state index in [2.05, 4.69) is 31.9 Å². The Morgan fingerprint density at radius 2 is 1.89 bits per heavy atom. The highest BCUT2D eigenvalue weighted by atomic mass is 35.5. The Bertz CT molecular complexity index is 808. The van der Waals surface area contributed by atoms with Gasteiger partial charge in [0.25, 0.3) is 0 Å². The molecule has 2 fully saturated rings. The fourth-order valence-corrected chi connectivity index (χ4v) is 4.14. The summed E-state index contributed by atoms with van der Waals surface area (Å²) in [6.07, 6.45) is 0.920. The highest BCUT2D eigenvalue weighted by Gasteiger charge is 2.27. The number of morpholine rings is 1. The first-order chi connectivity index (χ1) is 13.6. The van der Waals surface area contributed by atoms with Crippen LogP contribution in [0.4, 0.5) is 17.5 Å². The summed E-state index contributed by atoms with van der Waals surface area (Å²) in [6, 6.07) is 8.23. The minimum atomic E-state index is -0.0255. The molecule has 28 heavy (non-hydrogen) atoms. The van der Waals surface area contributed by atoms with E-state index in [1.807, 2.05) is 19.1 Å². The van der Waals surface area contributed by atoms with Crippen LogP contribution >= 0.6 is 11.6 Å². The van der Waals surface area contributed by atoms with Gasteiger partial charge in [-0.1, -0.05) is 17.7 Å². The molecule has 2 aliphatic rings. The molecule has 2 aliphatic heterocycles. The number of benzene rings is 1. The van der Waals surface area contributed by atoms with E-state index in [0.717, 1.165) is 73.7 Å². The van der Waals surface area contributed by atoms with Crippen LogP contribution in [0, 0.1) is 6.92 Å². The molecule has 1 unspecified atom stereocenters. The number of halogens is 1. The number of aromatic nitrogens is 2. The molecule has 1 aromatic carbocycles. The van der Waals surface area contributed by atoms with Gasteiger partial charge in [0.05, 0.1) is 25.9 Å². The number of hydrogen-bond donors (Lipinski definition) is 1. The van der Waals surface area contributed by atoms with Gasteiger partial charge in [0, 0.05) is 48.7 Å². The van der Waals surface area contributed by atoms with Crippen LogP contribution < -0.4 is 15.5 Å². The molecule has 2 saturated heterocycles. The molecule has 150 valence electrons. The molecule has 0 bridgehead atoms. The third-order valence-electron chi connectivity index (χ3n) is 5.21. The van der Waals surface area contributed by atoms with Crippen molar-refractivity contribution in [3.63, 3.8) is 0 Å². The summed E-state index contributed by atoms with van der Waals surface area (Å²) in [7, 11) is 0. The minimum Gasteiger partial charge on any atom is -0.379 e. The summed E-state index contributed by atoms with van der Waals surface area (Å²) in [4.78, 5) is 13.2. The van der Waals surface area contributed by atoms with Crippen molar-refractivity contribution in [2.75, 3.05) is 61.6 Å². The maximum absolute atomic E-state index is 6.75. The quantitative estimate of drug-likeness (QED) is 0.844. The van der Waals surface area contributed by atoms with Crippen molar-refractivity contribution in [1.82, 2.24) is 9.97 Å². The molecule has 8 heteroatoms. The first-order valence-electron chi connectivity index (χ1n) is 9.69. The Labute approximate surface area is 170 Å². The predicted octanol–water partition coefficient (Wildman–Crippen LogP) is 2.83. The fourth-order valence-electron chi connectivity index (χ4n) is 3.84. The van der Waals surface area contributed by atoms with Crippen LogP contribution in [-0.4, -0.2) is 56.0 Å². The van der Waals surface area contributed by atoms with Crippen molar-refractivity contribution in [2.45, 2.75) is 19.4 Å². The third-order valence-corrected chi connectivity index (χ3v) is 5.54. The molecule has 1 atom stereocenters. The summed E-state index contributed by atoms with van der Waals surface area (Å²) >= 11 is 6.75. The average Bonchev–Trinajstić information content (AvgIpc) is 2.94. The van der Waals surface area contributed by atoms with E-state index in [1.54, 1.807) is 0 Å². The number of nitrogen functional groups attached to an aromatic ring is 1. The molecular weight excluding hydrogens is 378 g/mol. The van der Waals surface area contributed by atoms with E-state index < -0.39 is 0 Å². The molecule has 7 nitrogen and oxygen atoms in total. The van der Waals surface area contributed by atoms with Crippen molar-refractivity contribution in [1.29, 1.82) is 0 Å². The van der Waals surface area contributed by atoms with E-state index in [1.165, 1.54) is 0 Å². The summed E-state index contributed by atoms with van der Waals surface area (Å²) < 4.78 is 11.3. The molecule has 0 radical (unpaired) electrons. The Kier molecular flexibility index (Phi) is 5.85. The zero-order chi connectivity index (χ0) is 19.5. The number of nitrogens with two attached hydrogens (primary N) is 1. The second-order valence-electron chi connectivity index (χ2n) is 7.17. The lowest BCUT2D eigenvalue weighted by Crippen LogP contribution is -2.36. The molecule has 0 spiro atoms. The standard InChI is InChI=1S/C20H26ClN5O2/c1-14-11-19(24-20(22)23-14)26-5-2-8-28-13-18(26)16-4-3-15(12-17(16)21)25-6-9-27-10-7-25/h3-4,11-12,18H,2,5-10,13H2,1H3,(H2,22,23,24). The highest BCUT2D eigenvalue weighted by Crippen LogP contribution is 2.35. The van der Waals surface area contributed by atoms with E-state index in [9.17, 15) is 0 Å². The predicted molar refractivity (Wildman–Crippen MR) is 111 cm³/mol. The van der Waals surface area contributed by atoms with Gasteiger partial charge >= 0.3 is 0 Å². The normalized spacial score (nSPS) is 20.9. The van der Waals surface area contributed by atoms with E-state index in [0.29, 0.717) is 6.61 Å². The second-order valence-corrected chi connectivity index (χ2v) is 7.58. The van der Waals surface area contributed by atoms with Gasteiger partial charge in [0.15, 0.2) is 0 Å². The van der Waals surface area contributed by atoms with E-state index in [4.69, 9.17) is 26.8 Å². The molecule has 0 amide bonds. The van der Waals surface area contributed by atoms with Crippen molar-refractivity contribution in [3.05, 3.63) is 40.5 Å². The van der Waals surface area contributed by atoms with Gasteiger partial charge in [0.1, 0.15) is 5.82 Å². The number of hydrogen-bond acceptors (Lipinski definition) is 7. The topological polar surface area (TPSA) is 76.7 Å². The average molecular weight is 404 g/mol. The lowest BCUT2D eigenvalue weighted by atomic mass is 10.0. The maximum atomic E-state index is 6.75. The molecule has 2 aromatic rings. The summed E-state index contributed by atoms with van der Waals surface area (Å²) in [6.45, 7) is 7.28. The number of aryl methyl sites for hydroxylation is 1. The molecule has 2 N–H and O–H groups in total. The van der Waals surface area contributed by atoms with Crippen molar-refractivity contribution in [2.24, 2.45) is 0 Å². The Morgan fingerprint density at radius 1 is 1.07 bits per heavy atom. The summed E-state index contributed by atoms with van der Waals surface area (Å²) in [5.74, 6) is 1.10. The monoisotopic (exact) mass is 403 g/mol. The van der Waals surface area contributed by atoms with E-state index in [-0.39, 0.29) is 12.0 Å². The van der Waals surface area contributed by atoms with Crippen LogP contribution in [0.25, 0.3) is 0 Å². The Balaban J connectivity index is 1.66. The zero-order valence-corrected chi connectivity index (χ0v) is 16.9. The van der Waals surface area contributed by atoms with Crippen LogP contribution in [0.15, 0.2) is 24.3 Å². The van der Waals surface area contributed by atoms with Crippen molar-refractivity contribution in [3.8, 4) is 0 Å². The number of rotatable bonds is 3. The van der Waals surface area contributed by atoms with Gasteiger partial charge in [-0.15, -0.1) is 0 Å². The van der Waals surface area contributed by atoms with Gasteiger partial charge in [-0.3, -0.25) is 0 Å². The summed E-state index contributed by atoms with van der Waals surface area (Å²) in [5.41, 5.74) is 8.91. The lowest BCUT2D eigenvalue weighted by molar-refractivity contribution is 0.122. The molecule has 3 heterocycles. The van der Waals surface area contributed by atoms with Crippen LogP contribution in [0.3, 0.4) is 0 Å². The van der Waals surface area contributed by atoms with Crippen LogP contribution in [0.2, 0.25) is 5.02 Å². The first kappa shape index (κ1) is 19.2. The molecular formula is C20H26ClN5O2.